The van der Waals surface area contributed by atoms with Gasteiger partial charge in [-0.05, 0) is 50.1 Å². The number of carbonyl (C=O) groups is 1. The van der Waals surface area contributed by atoms with Gasteiger partial charge in [-0.3, -0.25) is 4.79 Å². The lowest BCUT2D eigenvalue weighted by Crippen LogP contribution is -2.49. The molecule has 1 N–H and O–H groups in total. The molecule has 0 radical (unpaired) electrons. The summed E-state index contributed by atoms with van der Waals surface area (Å²) in [5.74, 6) is -0.812. The van der Waals surface area contributed by atoms with Crippen LogP contribution in [0.5, 0.6) is 0 Å². The van der Waals surface area contributed by atoms with Crippen molar-refractivity contribution in [1.29, 1.82) is 0 Å². The number of halogens is 1. The van der Waals surface area contributed by atoms with Crippen LogP contribution in [0.15, 0.2) is 59.5 Å². The lowest BCUT2D eigenvalue weighted by molar-refractivity contribution is -0.132. The largest absolute Gasteiger partial charge is 0.342 e. The maximum Gasteiger partial charge on any atom is 0.241 e. The number of rotatable bonds is 8. The molecule has 0 aliphatic carbocycles. The zero-order valence-corrected chi connectivity index (χ0v) is 15.7. The summed E-state index contributed by atoms with van der Waals surface area (Å²) >= 11 is 0. The third kappa shape index (κ3) is 5.12. The smallest absolute Gasteiger partial charge is 0.241 e. The van der Waals surface area contributed by atoms with Gasteiger partial charge in [-0.2, -0.15) is 4.72 Å². The predicted molar refractivity (Wildman–Crippen MR) is 98.6 cm³/mol. The first-order chi connectivity index (χ1) is 12.4. The van der Waals surface area contributed by atoms with Crippen molar-refractivity contribution in [3.8, 4) is 0 Å². The molecule has 1 atom stereocenters. The normalized spacial score (nSPS) is 12.6. The molecule has 0 aromatic heterocycles. The highest BCUT2D eigenvalue weighted by atomic mass is 32.2. The highest BCUT2D eigenvalue weighted by Crippen LogP contribution is 2.13. The van der Waals surface area contributed by atoms with Crippen molar-refractivity contribution in [2.75, 3.05) is 13.1 Å². The molecule has 5 nitrogen and oxygen atoms in total. The molecule has 26 heavy (non-hydrogen) atoms. The minimum atomic E-state index is -3.96. The number of hydrogen-bond acceptors (Lipinski definition) is 3. The molecule has 0 aliphatic heterocycles. The summed E-state index contributed by atoms with van der Waals surface area (Å²) in [6, 6.07) is 12.8. The van der Waals surface area contributed by atoms with Crippen molar-refractivity contribution in [1.82, 2.24) is 9.62 Å². The van der Waals surface area contributed by atoms with E-state index in [2.05, 4.69) is 4.72 Å². The molecular formula is C19H23FN2O3S. The Kier molecular flexibility index (Phi) is 6.88. The molecule has 7 heteroatoms. The summed E-state index contributed by atoms with van der Waals surface area (Å²) in [5.41, 5.74) is 0.847. The average molecular weight is 378 g/mol. The van der Waals surface area contributed by atoms with Gasteiger partial charge in [-0.15, -0.1) is 0 Å². The summed E-state index contributed by atoms with van der Waals surface area (Å²) in [5, 5.41) is 0. The molecule has 0 bridgehead atoms. The van der Waals surface area contributed by atoms with Crippen LogP contribution in [0.3, 0.4) is 0 Å². The van der Waals surface area contributed by atoms with Crippen LogP contribution < -0.4 is 4.72 Å². The fourth-order valence-corrected chi connectivity index (χ4v) is 3.84. The summed E-state index contributed by atoms with van der Waals surface area (Å²) in [6.07, 6.45) is 0.233. The van der Waals surface area contributed by atoms with Gasteiger partial charge in [-0.25, -0.2) is 12.8 Å². The van der Waals surface area contributed by atoms with Crippen molar-refractivity contribution in [2.45, 2.75) is 31.2 Å². The molecule has 0 spiro atoms. The number of nitrogens with zero attached hydrogens (tertiary/aromatic N) is 1. The molecule has 2 rings (SSSR count). The lowest BCUT2D eigenvalue weighted by atomic mass is 10.1. The van der Waals surface area contributed by atoms with Gasteiger partial charge in [0.2, 0.25) is 15.9 Å². The molecule has 140 valence electrons. The quantitative estimate of drug-likeness (QED) is 0.768. The Morgan fingerprint density at radius 2 is 1.62 bits per heavy atom. The zero-order valence-electron chi connectivity index (χ0n) is 14.9. The van der Waals surface area contributed by atoms with Crippen LogP contribution in [0.2, 0.25) is 0 Å². The van der Waals surface area contributed by atoms with Crippen molar-refractivity contribution < 1.29 is 17.6 Å². The Balaban J connectivity index is 2.30. The fourth-order valence-electron chi connectivity index (χ4n) is 2.65. The number of hydrogen-bond donors (Lipinski definition) is 1. The summed E-state index contributed by atoms with van der Waals surface area (Å²) in [4.78, 5) is 14.3. The predicted octanol–water partition coefficient (Wildman–Crippen LogP) is 2.58. The fraction of sp³-hybridized carbons (Fsp3) is 0.316. The van der Waals surface area contributed by atoms with Crippen molar-refractivity contribution in [2.24, 2.45) is 0 Å². The number of benzene rings is 2. The van der Waals surface area contributed by atoms with Gasteiger partial charge in [0.15, 0.2) is 0 Å². The van der Waals surface area contributed by atoms with E-state index < -0.39 is 21.9 Å². The van der Waals surface area contributed by atoms with Crippen LogP contribution in [-0.2, 0) is 21.2 Å². The molecule has 2 aromatic carbocycles. The molecule has 0 fully saturated rings. The third-order valence-electron chi connectivity index (χ3n) is 4.08. The minimum absolute atomic E-state index is 0.0793. The molecule has 0 heterocycles. The van der Waals surface area contributed by atoms with Crippen LogP contribution in [-0.4, -0.2) is 38.4 Å². The molecule has 2 aromatic rings. The maximum atomic E-state index is 13.1. The van der Waals surface area contributed by atoms with Crippen LogP contribution in [0.1, 0.15) is 19.4 Å². The first-order valence-corrected chi connectivity index (χ1v) is 9.96. The second-order valence-corrected chi connectivity index (χ2v) is 7.54. The van der Waals surface area contributed by atoms with Crippen molar-refractivity contribution in [3.05, 3.63) is 66.0 Å². The monoisotopic (exact) mass is 378 g/mol. The Bertz CT molecular complexity index is 820. The van der Waals surface area contributed by atoms with E-state index >= 15 is 0 Å². The van der Waals surface area contributed by atoms with E-state index in [1.165, 1.54) is 12.1 Å². The number of sulfonamides is 1. The van der Waals surface area contributed by atoms with E-state index in [9.17, 15) is 17.6 Å². The second kappa shape index (κ2) is 8.91. The summed E-state index contributed by atoms with van der Waals surface area (Å²) in [7, 11) is -3.96. The SMILES string of the molecule is CCN(CC)C(=O)C(Cc1ccccc1)NS(=O)(=O)c1ccc(F)cc1. The van der Waals surface area contributed by atoms with E-state index in [1.807, 2.05) is 44.2 Å². The maximum absolute atomic E-state index is 13.1. The molecule has 0 saturated heterocycles. The zero-order chi connectivity index (χ0) is 19.2. The first kappa shape index (κ1) is 20.1. The van der Waals surface area contributed by atoms with E-state index in [0.717, 1.165) is 17.7 Å². The Morgan fingerprint density at radius 1 is 1.04 bits per heavy atom. The molecule has 1 amide bonds. The van der Waals surface area contributed by atoms with E-state index in [0.29, 0.717) is 13.1 Å². The van der Waals surface area contributed by atoms with E-state index in [4.69, 9.17) is 0 Å². The third-order valence-corrected chi connectivity index (χ3v) is 5.56. The van der Waals surface area contributed by atoms with Gasteiger partial charge in [0, 0.05) is 13.1 Å². The topological polar surface area (TPSA) is 66.5 Å². The highest BCUT2D eigenvalue weighted by molar-refractivity contribution is 7.89. The first-order valence-electron chi connectivity index (χ1n) is 8.48. The van der Waals surface area contributed by atoms with Crippen molar-refractivity contribution >= 4 is 15.9 Å². The standard InChI is InChI=1S/C19H23FN2O3S/c1-3-22(4-2)19(23)18(14-15-8-6-5-7-9-15)21-26(24,25)17-12-10-16(20)11-13-17/h5-13,18,21H,3-4,14H2,1-2H3. The van der Waals surface area contributed by atoms with Gasteiger partial charge >= 0.3 is 0 Å². The average Bonchev–Trinajstić information content (AvgIpc) is 2.63. The number of likely N-dealkylation sites (N-methyl/N-ethyl adjacent to an activating group) is 1. The summed E-state index contributed by atoms with van der Waals surface area (Å²) in [6.45, 7) is 4.66. The van der Waals surface area contributed by atoms with Gasteiger partial charge in [0.1, 0.15) is 11.9 Å². The second-order valence-electron chi connectivity index (χ2n) is 5.83. The lowest BCUT2D eigenvalue weighted by Gasteiger charge is -2.26. The van der Waals surface area contributed by atoms with E-state index in [1.54, 1.807) is 4.90 Å². The Hall–Kier alpha value is -2.25. The van der Waals surface area contributed by atoms with Crippen LogP contribution in [0, 0.1) is 5.82 Å². The summed E-state index contributed by atoms with van der Waals surface area (Å²) < 4.78 is 40.8. The van der Waals surface area contributed by atoms with Gasteiger partial charge in [0.25, 0.3) is 0 Å². The van der Waals surface area contributed by atoms with E-state index in [-0.39, 0.29) is 17.2 Å². The molecule has 1 unspecified atom stereocenters. The number of nitrogens with one attached hydrogen (secondary N) is 1. The Labute approximate surface area is 153 Å². The molecule has 0 saturated carbocycles. The van der Waals surface area contributed by atoms with Crippen LogP contribution in [0.4, 0.5) is 4.39 Å². The van der Waals surface area contributed by atoms with Gasteiger partial charge in [0.05, 0.1) is 4.90 Å². The molecule has 0 aliphatic rings. The number of amides is 1. The van der Waals surface area contributed by atoms with Crippen LogP contribution in [0.25, 0.3) is 0 Å². The Morgan fingerprint density at radius 3 is 2.15 bits per heavy atom. The van der Waals surface area contributed by atoms with Crippen molar-refractivity contribution in [3.63, 3.8) is 0 Å². The van der Waals surface area contributed by atoms with Gasteiger partial charge in [-0.1, -0.05) is 30.3 Å². The highest BCUT2D eigenvalue weighted by Gasteiger charge is 2.28. The molecular weight excluding hydrogens is 355 g/mol. The number of carbonyl (C=O) groups excluding carboxylic acids is 1. The van der Waals surface area contributed by atoms with Gasteiger partial charge < -0.3 is 4.90 Å². The minimum Gasteiger partial charge on any atom is -0.342 e. The van der Waals surface area contributed by atoms with Crippen LogP contribution >= 0.6 is 0 Å².